The van der Waals surface area contributed by atoms with Crippen molar-refractivity contribution in [2.75, 3.05) is 31.1 Å². The highest BCUT2D eigenvalue weighted by Crippen LogP contribution is 2.33. The third-order valence-corrected chi connectivity index (χ3v) is 6.18. The first kappa shape index (κ1) is 20.6. The van der Waals surface area contributed by atoms with Crippen LogP contribution >= 0.6 is 11.6 Å². The molecule has 4 rings (SSSR count). The topological polar surface area (TPSA) is 80.3 Å². The van der Waals surface area contributed by atoms with Crippen molar-refractivity contribution in [2.45, 2.75) is 26.8 Å². The molecule has 0 unspecified atom stereocenters. The van der Waals surface area contributed by atoms with E-state index in [0.29, 0.717) is 10.7 Å². The van der Waals surface area contributed by atoms with Crippen LogP contribution in [0.4, 0.5) is 11.4 Å². The lowest BCUT2D eigenvalue weighted by atomic mass is 10.1. The van der Waals surface area contributed by atoms with Crippen molar-refractivity contribution in [1.82, 2.24) is 19.7 Å². The fourth-order valence-corrected chi connectivity index (χ4v) is 4.37. The minimum absolute atomic E-state index is 0.0504. The maximum atomic E-state index is 11.4. The van der Waals surface area contributed by atoms with Gasteiger partial charge in [0.25, 0.3) is 5.69 Å². The molecule has 0 atom stereocenters. The van der Waals surface area contributed by atoms with E-state index in [9.17, 15) is 10.1 Å². The molecule has 3 aromatic rings. The maximum absolute atomic E-state index is 11.4. The summed E-state index contributed by atoms with van der Waals surface area (Å²) >= 11 is 6.46. The van der Waals surface area contributed by atoms with Crippen molar-refractivity contribution in [1.29, 1.82) is 0 Å². The molecule has 158 valence electrons. The van der Waals surface area contributed by atoms with Crippen molar-refractivity contribution in [3.05, 3.63) is 56.5 Å². The Kier molecular flexibility index (Phi) is 5.62. The summed E-state index contributed by atoms with van der Waals surface area (Å²) in [6, 6.07) is 7.18. The van der Waals surface area contributed by atoms with Crippen LogP contribution in [0.2, 0.25) is 5.15 Å². The van der Waals surface area contributed by atoms with Gasteiger partial charge in [-0.05, 0) is 19.4 Å². The molecular weight excluding hydrogens is 404 g/mol. The maximum Gasteiger partial charge on any atom is 0.295 e. The highest BCUT2D eigenvalue weighted by molar-refractivity contribution is 6.30. The number of halogens is 1. The number of fused-ring (bicyclic) bond motifs is 1. The van der Waals surface area contributed by atoms with E-state index >= 15 is 0 Å². The smallest absolute Gasteiger partial charge is 0.295 e. The molecule has 1 fully saturated rings. The van der Waals surface area contributed by atoms with E-state index in [2.05, 4.69) is 26.8 Å². The molecule has 0 N–H and O–H groups in total. The number of para-hydroxylation sites is 1. The number of hydrogen-bond acceptors (Lipinski definition) is 6. The van der Waals surface area contributed by atoms with Crippen LogP contribution in [-0.4, -0.2) is 50.8 Å². The molecule has 1 saturated heterocycles. The highest BCUT2D eigenvalue weighted by atomic mass is 35.5. The van der Waals surface area contributed by atoms with Gasteiger partial charge < -0.3 is 4.90 Å². The first-order valence-corrected chi connectivity index (χ1v) is 10.5. The van der Waals surface area contributed by atoms with Gasteiger partial charge in [-0.1, -0.05) is 30.7 Å². The zero-order valence-electron chi connectivity index (χ0n) is 17.4. The van der Waals surface area contributed by atoms with Crippen LogP contribution in [0.1, 0.15) is 23.9 Å². The molecule has 1 aliphatic rings. The second kappa shape index (κ2) is 8.20. The minimum atomic E-state index is -0.362. The molecule has 2 aromatic heterocycles. The van der Waals surface area contributed by atoms with Crippen LogP contribution in [0.5, 0.6) is 0 Å². The Hall–Kier alpha value is -2.71. The van der Waals surface area contributed by atoms with Gasteiger partial charge in [-0.3, -0.25) is 19.7 Å². The fourth-order valence-electron chi connectivity index (χ4n) is 4.16. The molecule has 0 radical (unpaired) electrons. The Labute approximate surface area is 180 Å². The summed E-state index contributed by atoms with van der Waals surface area (Å²) in [6.07, 6.45) is 0.858. The molecule has 9 heteroatoms. The Morgan fingerprint density at radius 1 is 1.23 bits per heavy atom. The lowest BCUT2D eigenvalue weighted by molar-refractivity contribution is -0.383. The van der Waals surface area contributed by atoms with Gasteiger partial charge in [0.15, 0.2) is 5.52 Å². The van der Waals surface area contributed by atoms with E-state index in [1.807, 2.05) is 26.1 Å². The number of nitrogens with zero attached hydrogens (tertiary/aromatic N) is 6. The summed E-state index contributed by atoms with van der Waals surface area (Å²) < 4.78 is 1.74. The Morgan fingerprint density at radius 3 is 2.63 bits per heavy atom. The lowest BCUT2D eigenvalue weighted by Crippen LogP contribution is -2.46. The molecule has 30 heavy (non-hydrogen) atoms. The summed E-state index contributed by atoms with van der Waals surface area (Å²) in [5.41, 5.74) is 4.45. The number of nitro groups is 1. The molecule has 8 nitrogen and oxygen atoms in total. The van der Waals surface area contributed by atoms with Crippen molar-refractivity contribution in [3.8, 4) is 0 Å². The SMILES string of the molecule is CCc1nn(C)c(Cl)c1CN1CCN(c2cc(C)nc3c([N+](=O)[O-])cccc23)CC1. The first-order valence-electron chi connectivity index (χ1n) is 10.1. The monoisotopic (exact) mass is 428 g/mol. The number of aromatic nitrogens is 3. The summed E-state index contributed by atoms with van der Waals surface area (Å²) in [5.74, 6) is 0. The van der Waals surface area contributed by atoms with Crippen LogP contribution in [0.3, 0.4) is 0 Å². The largest absolute Gasteiger partial charge is 0.368 e. The van der Waals surface area contributed by atoms with E-state index in [-0.39, 0.29) is 10.6 Å². The average Bonchev–Trinajstić information content (AvgIpc) is 3.01. The standard InChI is InChI=1S/C21H25ClN6O2/c1-4-17-16(21(22)25(3)24-17)13-26-8-10-27(11-9-26)19-12-14(2)23-20-15(19)6-5-7-18(20)28(29)30/h5-7,12H,4,8-11,13H2,1-3H3. The third-order valence-electron chi connectivity index (χ3n) is 5.70. The van der Waals surface area contributed by atoms with Gasteiger partial charge in [-0.25, -0.2) is 4.98 Å². The number of rotatable bonds is 5. The minimum Gasteiger partial charge on any atom is -0.368 e. The molecule has 3 heterocycles. The Bertz CT molecular complexity index is 1100. The molecule has 0 amide bonds. The van der Waals surface area contributed by atoms with Gasteiger partial charge in [0.2, 0.25) is 0 Å². The number of aryl methyl sites for hydroxylation is 3. The summed E-state index contributed by atoms with van der Waals surface area (Å²) in [4.78, 5) is 20.2. The number of hydrogen-bond donors (Lipinski definition) is 0. The van der Waals surface area contributed by atoms with Crippen molar-refractivity contribution >= 4 is 33.9 Å². The summed E-state index contributed by atoms with van der Waals surface area (Å²) in [6.45, 7) is 8.19. The predicted octanol–water partition coefficient (Wildman–Crippen LogP) is 3.72. The van der Waals surface area contributed by atoms with E-state index in [1.54, 1.807) is 10.7 Å². The molecule has 0 spiro atoms. The quantitative estimate of drug-likeness (QED) is 0.455. The van der Waals surface area contributed by atoms with E-state index in [4.69, 9.17) is 11.6 Å². The first-order chi connectivity index (χ1) is 14.4. The normalized spacial score (nSPS) is 15.1. The summed E-state index contributed by atoms with van der Waals surface area (Å²) in [5, 5.41) is 17.5. The van der Waals surface area contributed by atoms with E-state index < -0.39 is 0 Å². The van der Waals surface area contributed by atoms with Crippen LogP contribution in [0.25, 0.3) is 10.9 Å². The Balaban J connectivity index is 1.56. The number of pyridine rings is 1. The van der Waals surface area contributed by atoms with Gasteiger partial charge >= 0.3 is 0 Å². The van der Waals surface area contributed by atoms with Crippen molar-refractivity contribution in [3.63, 3.8) is 0 Å². The van der Waals surface area contributed by atoms with Gasteiger partial charge in [0.1, 0.15) is 5.15 Å². The van der Waals surface area contributed by atoms with Crippen LogP contribution in [0.15, 0.2) is 24.3 Å². The second-order valence-corrected chi connectivity index (χ2v) is 8.03. The van der Waals surface area contributed by atoms with Gasteiger partial charge in [0.05, 0.1) is 10.6 Å². The third kappa shape index (κ3) is 3.73. The number of non-ortho nitro benzene ring substituents is 1. The van der Waals surface area contributed by atoms with Gasteiger partial charge in [0, 0.05) is 68.2 Å². The van der Waals surface area contributed by atoms with E-state index in [0.717, 1.165) is 67.2 Å². The van der Waals surface area contributed by atoms with Crippen molar-refractivity contribution in [2.24, 2.45) is 7.05 Å². The number of anilines is 1. The zero-order valence-corrected chi connectivity index (χ0v) is 18.2. The van der Waals surface area contributed by atoms with Crippen molar-refractivity contribution < 1.29 is 4.92 Å². The Morgan fingerprint density at radius 2 is 1.97 bits per heavy atom. The molecular formula is C21H25ClN6O2. The van der Waals surface area contributed by atoms with Crippen LogP contribution in [-0.2, 0) is 20.0 Å². The molecule has 1 aliphatic heterocycles. The van der Waals surface area contributed by atoms with E-state index in [1.165, 1.54) is 6.07 Å². The number of benzene rings is 1. The van der Waals surface area contributed by atoms with Gasteiger partial charge in [-0.15, -0.1) is 0 Å². The molecule has 0 saturated carbocycles. The predicted molar refractivity (Wildman–Crippen MR) is 118 cm³/mol. The number of nitro benzene ring substituents is 1. The fraction of sp³-hybridized carbons (Fsp3) is 0.429. The molecule has 1 aromatic carbocycles. The lowest BCUT2D eigenvalue weighted by Gasteiger charge is -2.36. The van der Waals surface area contributed by atoms with Gasteiger partial charge in [-0.2, -0.15) is 5.10 Å². The van der Waals surface area contributed by atoms with Crippen LogP contribution in [0, 0.1) is 17.0 Å². The average molecular weight is 429 g/mol. The zero-order chi connectivity index (χ0) is 21.4. The molecule has 0 bridgehead atoms. The molecule has 0 aliphatic carbocycles. The number of piperazine rings is 1. The van der Waals surface area contributed by atoms with Crippen LogP contribution < -0.4 is 4.90 Å². The summed E-state index contributed by atoms with van der Waals surface area (Å²) in [7, 11) is 1.87. The highest BCUT2D eigenvalue weighted by Gasteiger charge is 2.24. The second-order valence-electron chi connectivity index (χ2n) is 7.67.